The molecule has 3 aromatic rings. The van der Waals surface area contributed by atoms with E-state index < -0.39 is 5.97 Å². The van der Waals surface area contributed by atoms with Crippen molar-refractivity contribution < 1.29 is 24.2 Å². The average Bonchev–Trinajstić information content (AvgIpc) is 2.82. The van der Waals surface area contributed by atoms with Gasteiger partial charge in [-0.05, 0) is 40.6 Å². The van der Waals surface area contributed by atoms with E-state index in [1.807, 2.05) is 42.5 Å². The van der Waals surface area contributed by atoms with Gasteiger partial charge in [-0.25, -0.2) is 0 Å². The highest BCUT2D eigenvalue weighted by Gasteiger charge is 2.25. The molecule has 7 nitrogen and oxygen atoms in total. The summed E-state index contributed by atoms with van der Waals surface area (Å²) in [7, 11) is 0. The van der Waals surface area contributed by atoms with Crippen LogP contribution in [0.15, 0.2) is 66.7 Å². The maximum absolute atomic E-state index is 12.7. The lowest BCUT2D eigenvalue weighted by Crippen LogP contribution is -2.51. The number of benzene rings is 3. The van der Waals surface area contributed by atoms with Gasteiger partial charge in [-0.15, -0.1) is 0 Å². The molecule has 1 saturated heterocycles. The van der Waals surface area contributed by atoms with Crippen molar-refractivity contribution in [3.8, 4) is 5.75 Å². The monoisotopic (exact) mass is 417 g/mol. The number of hydrogen-bond acceptors (Lipinski definition) is 5. The molecule has 1 fully saturated rings. The second kappa shape index (κ2) is 8.87. The van der Waals surface area contributed by atoms with E-state index in [0.717, 1.165) is 10.8 Å². The standard InChI is InChI=1S/C24H22N2O5/c27-22(16-31-21-9-8-17-4-1-2-5-18(17)15-21)25-10-12-26(13-11-25)23(28)19-6-3-7-20(14-19)24(29)30/h1-9,14-15H,10-13,16H2,(H,29,30)/p-1. The van der Waals surface area contributed by atoms with Gasteiger partial charge in [-0.2, -0.15) is 0 Å². The highest BCUT2D eigenvalue weighted by atomic mass is 16.5. The van der Waals surface area contributed by atoms with Crippen LogP contribution in [0.3, 0.4) is 0 Å². The number of carboxylic acid groups (broad SMARTS) is 1. The van der Waals surface area contributed by atoms with Crippen molar-refractivity contribution >= 4 is 28.6 Å². The molecule has 0 aromatic heterocycles. The molecule has 2 amide bonds. The van der Waals surface area contributed by atoms with Crippen LogP contribution in [-0.2, 0) is 4.79 Å². The summed E-state index contributed by atoms with van der Waals surface area (Å²) in [4.78, 5) is 39.5. The lowest BCUT2D eigenvalue weighted by molar-refractivity contribution is -0.255. The number of carbonyl (C=O) groups is 3. The molecule has 4 rings (SSSR count). The number of rotatable bonds is 5. The fourth-order valence-electron chi connectivity index (χ4n) is 3.61. The molecule has 0 bridgehead atoms. The zero-order valence-corrected chi connectivity index (χ0v) is 16.8. The summed E-state index contributed by atoms with van der Waals surface area (Å²) in [5, 5.41) is 13.2. The van der Waals surface area contributed by atoms with Gasteiger partial charge >= 0.3 is 0 Å². The van der Waals surface area contributed by atoms with Gasteiger partial charge in [-0.1, -0.05) is 42.5 Å². The zero-order chi connectivity index (χ0) is 21.8. The van der Waals surface area contributed by atoms with Gasteiger partial charge in [0.05, 0.1) is 5.97 Å². The van der Waals surface area contributed by atoms with Crippen LogP contribution in [0.1, 0.15) is 20.7 Å². The number of carboxylic acids is 1. The van der Waals surface area contributed by atoms with Crippen LogP contribution in [-0.4, -0.2) is 60.4 Å². The summed E-state index contributed by atoms with van der Waals surface area (Å²) in [6.45, 7) is 1.46. The smallest absolute Gasteiger partial charge is 0.260 e. The predicted octanol–water partition coefficient (Wildman–Crippen LogP) is 1.57. The Labute approximate surface area is 179 Å². The SMILES string of the molecule is O=C([O-])c1cccc(C(=O)N2CCN(C(=O)COc3ccc4ccccc4c3)CC2)c1. The third-order valence-corrected chi connectivity index (χ3v) is 5.35. The largest absolute Gasteiger partial charge is 0.545 e. The van der Waals surface area contributed by atoms with Gasteiger partial charge in [0.15, 0.2) is 6.61 Å². The van der Waals surface area contributed by atoms with E-state index in [1.54, 1.807) is 15.9 Å². The molecule has 31 heavy (non-hydrogen) atoms. The minimum absolute atomic E-state index is 0.0366. The van der Waals surface area contributed by atoms with Crippen LogP contribution in [0.2, 0.25) is 0 Å². The molecular weight excluding hydrogens is 396 g/mol. The molecule has 0 atom stereocenters. The Morgan fingerprint density at radius 1 is 0.774 bits per heavy atom. The van der Waals surface area contributed by atoms with Crippen LogP contribution >= 0.6 is 0 Å². The third-order valence-electron chi connectivity index (χ3n) is 5.35. The molecule has 1 heterocycles. The van der Waals surface area contributed by atoms with Crippen molar-refractivity contribution in [2.75, 3.05) is 32.8 Å². The van der Waals surface area contributed by atoms with E-state index >= 15 is 0 Å². The Morgan fingerprint density at radius 2 is 1.45 bits per heavy atom. The minimum Gasteiger partial charge on any atom is -0.545 e. The number of nitrogens with zero attached hydrogens (tertiary/aromatic N) is 2. The average molecular weight is 417 g/mol. The molecule has 0 radical (unpaired) electrons. The van der Waals surface area contributed by atoms with Crippen molar-refractivity contribution in [3.63, 3.8) is 0 Å². The second-order valence-electron chi connectivity index (χ2n) is 7.34. The first kappa shape index (κ1) is 20.4. The molecular formula is C24H21N2O5-. The number of piperazine rings is 1. The van der Waals surface area contributed by atoms with E-state index in [2.05, 4.69) is 0 Å². The van der Waals surface area contributed by atoms with E-state index in [0.29, 0.717) is 37.5 Å². The first-order valence-corrected chi connectivity index (χ1v) is 10.0. The molecule has 0 unspecified atom stereocenters. The third kappa shape index (κ3) is 4.66. The first-order chi connectivity index (χ1) is 15.0. The highest BCUT2D eigenvalue weighted by molar-refractivity contribution is 5.97. The Balaban J connectivity index is 1.30. The summed E-state index contributed by atoms with van der Waals surface area (Å²) in [5.41, 5.74) is 0.256. The highest BCUT2D eigenvalue weighted by Crippen LogP contribution is 2.20. The van der Waals surface area contributed by atoms with Gasteiger partial charge in [0.2, 0.25) is 0 Å². The molecule has 1 aliphatic rings. The summed E-state index contributed by atoms with van der Waals surface area (Å²) in [6, 6.07) is 19.4. The van der Waals surface area contributed by atoms with E-state index in [-0.39, 0.29) is 24.0 Å². The number of hydrogen-bond donors (Lipinski definition) is 0. The Kier molecular flexibility index (Phi) is 5.84. The lowest BCUT2D eigenvalue weighted by Gasteiger charge is -2.34. The topological polar surface area (TPSA) is 90.0 Å². The van der Waals surface area contributed by atoms with Crippen LogP contribution < -0.4 is 9.84 Å². The van der Waals surface area contributed by atoms with Crippen molar-refractivity contribution in [3.05, 3.63) is 77.9 Å². The van der Waals surface area contributed by atoms with Crippen molar-refractivity contribution in [2.45, 2.75) is 0 Å². The fourth-order valence-corrected chi connectivity index (χ4v) is 3.61. The summed E-state index contributed by atoms with van der Waals surface area (Å²) in [5.74, 6) is -1.09. The zero-order valence-electron chi connectivity index (χ0n) is 16.8. The van der Waals surface area contributed by atoms with Gasteiger partial charge in [0, 0.05) is 31.7 Å². The minimum atomic E-state index is -1.32. The van der Waals surface area contributed by atoms with E-state index in [1.165, 1.54) is 18.2 Å². The van der Waals surface area contributed by atoms with Crippen molar-refractivity contribution in [1.82, 2.24) is 9.80 Å². The molecule has 0 N–H and O–H groups in total. The second-order valence-corrected chi connectivity index (χ2v) is 7.34. The fraction of sp³-hybridized carbons (Fsp3) is 0.208. The molecule has 3 aromatic carbocycles. The Hall–Kier alpha value is -3.87. The number of fused-ring (bicyclic) bond motifs is 1. The van der Waals surface area contributed by atoms with Crippen molar-refractivity contribution in [2.24, 2.45) is 0 Å². The molecule has 0 saturated carbocycles. The van der Waals surface area contributed by atoms with Crippen molar-refractivity contribution in [1.29, 1.82) is 0 Å². The maximum atomic E-state index is 12.7. The Bertz CT molecular complexity index is 1140. The predicted molar refractivity (Wildman–Crippen MR) is 113 cm³/mol. The van der Waals surface area contributed by atoms with E-state index in [9.17, 15) is 19.5 Å². The van der Waals surface area contributed by atoms with Gasteiger partial charge < -0.3 is 24.4 Å². The first-order valence-electron chi connectivity index (χ1n) is 10.0. The normalized spacial score (nSPS) is 13.8. The quantitative estimate of drug-likeness (QED) is 0.629. The Morgan fingerprint density at radius 3 is 2.19 bits per heavy atom. The van der Waals surface area contributed by atoms with Crippen LogP contribution in [0.5, 0.6) is 5.75 Å². The number of amides is 2. The van der Waals surface area contributed by atoms with Gasteiger partial charge in [0.1, 0.15) is 5.75 Å². The van der Waals surface area contributed by atoms with Gasteiger partial charge in [0.25, 0.3) is 11.8 Å². The molecule has 7 heteroatoms. The molecule has 1 aliphatic heterocycles. The molecule has 0 spiro atoms. The van der Waals surface area contributed by atoms with E-state index in [4.69, 9.17) is 4.74 Å². The number of carbonyl (C=O) groups excluding carboxylic acids is 3. The van der Waals surface area contributed by atoms with Crippen LogP contribution in [0.4, 0.5) is 0 Å². The lowest BCUT2D eigenvalue weighted by atomic mass is 10.1. The van der Waals surface area contributed by atoms with Crippen LogP contribution in [0, 0.1) is 0 Å². The van der Waals surface area contributed by atoms with Gasteiger partial charge in [-0.3, -0.25) is 9.59 Å². The van der Waals surface area contributed by atoms with Crippen LogP contribution in [0.25, 0.3) is 10.8 Å². The number of ether oxygens (including phenoxy) is 1. The molecule has 0 aliphatic carbocycles. The number of aromatic carboxylic acids is 1. The maximum Gasteiger partial charge on any atom is 0.260 e. The summed E-state index contributed by atoms with van der Waals surface area (Å²) >= 11 is 0. The summed E-state index contributed by atoms with van der Waals surface area (Å²) < 4.78 is 5.68. The molecule has 158 valence electrons. The summed E-state index contributed by atoms with van der Waals surface area (Å²) in [6.07, 6.45) is 0.